The number of likely N-dealkylation sites (N-methyl/N-ethyl adjacent to an activating group) is 1. The molecule has 0 aliphatic carbocycles. The summed E-state index contributed by atoms with van der Waals surface area (Å²) in [7, 11) is 4.32. The lowest BCUT2D eigenvalue weighted by atomic mass is 10.0. The van der Waals surface area contributed by atoms with E-state index in [9.17, 15) is 0 Å². The number of rotatable bonds is 6. The van der Waals surface area contributed by atoms with Gasteiger partial charge in [0.1, 0.15) is 0 Å². The highest BCUT2D eigenvalue weighted by Gasteiger charge is 2.28. The Labute approximate surface area is 209 Å². The van der Waals surface area contributed by atoms with E-state index in [4.69, 9.17) is 15.1 Å². The summed E-state index contributed by atoms with van der Waals surface area (Å²) in [5, 5.41) is 12.2. The SMILES string of the molecule is CN(C)[C@H]1CCN(c2ccc(Nc3nc(N4N=CCC4c4ccccc4)c4sccc4n3)cc2)C1. The molecule has 1 unspecified atom stereocenters. The maximum Gasteiger partial charge on any atom is 0.229 e. The topological polar surface area (TPSA) is 59.9 Å². The van der Waals surface area contributed by atoms with Crippen molar-refractivity contribution in [2.75, 3.05) is 42.4 Å². The van der Waals surface area contributed by atoms with Crippen LogP contribution in [-0.2, 0) is 0 Å². The van der Waals surface area contributed by atoms with Gasteiger partial charge in [0.2, 0.25) is 5.95 Å². The van der Waals surface area contributed by atoms with Crippen LogP contribution in [0.15, 0.2) is 71.1 Å². The number of hydrogen-bond donors (Lipinski definition) is 1. The first kappa shape index (κ1) is 22.0. The van der Waals surface area contributed by atoms with Crippen LogP contribution in [0.1, 0.15) is 24.4 Å². The number of aromatic nitrogens is 2. The molecule has 1 saturated heterocycles. The summed E-state index contributed by atoms with van der Waals surface area (Å²) in [5.41, 5.74) is 4.39. The van der Waals surface area contributed by atoms with Crippen LogP contribution in [-0.4, -0.2) is 54.3 Å². The van der Waals surface area contributed by atoms with Gasteiger partial charge in [0.15, 0.2) is 5.82 Å². The van der Waals surface area contributed by atoms with Crippen molar-refractivity contribution in [3.05, 3.63) is 71.6 Å². The number of nitrogens with zero attached hydrogens (tertiary/aromatic N) is 6. The largest absolute Gasteiger partial charge is 0.370 e. The number of hydrazone groups is 1. The summed E-state index contributed by atoms with van der Waals surface area (Å²) in [6.07, 6.45) is 4.04. The molecule has 178 valence electrons. The Morgan fingerprint density at radius 3 is 2.60 bits per heavy atom. The Hall–Kier alpha value is -3.49. The average molecular weight is 484 g/mol. The summed E-state index contributed by atoms with van der Waals surface area (Å²) in [5.74, 6) is 1.43. The van der Waals surface area contributed by atoms with Gasteiger partial charge in [-0.05, 0) is 61.8 Å². The molecule has 0 amide bonds. The Bertz CT molecular complexity index is 1330. The van der Waals surface area contributed by atoms with Gasteiger partial charge in [0, 0.05) is 43.1 Å². The first-order valence-electron chi connectivity index (χ1n) is 12.1. The molecule has 0 radical (unpaired) electrons. The molecule has 8 heteroatoms. The first-order valence-corrected chi connectivity index (χ1v) is 12.9. The van der Waals surface area contributed by atoms with Gasteiger partial charge in [-0.2, -0.15) is 10.1 Å². The molecule has 7 nitrogen and oxygen atoms in total. The zero-order valence-corrected chi connectivity index (χ0v) is 20.8. The molecule has 2 aromatic heterocycles. The highest BCUT2D eigenvalue weighted by atomic mass is 32.1. The van der Waals surface area contributed by atoms with Gasteiger partial charge in [-0.1, -0.05) is 30.3 Å². The van der Waals surface area contributed by atoms with Crippen LogP contribution in [0.5, 0.6) is 0 Å². The van der Waals surface area contributed by atoms with Gasteiger partial charge in [-0.15, -0.1) is 11.3 Å². The molecule has 35 heavy (non-hydrogen) atoms. The van der Waals surface area contributed by atoms with E-state index in [2.05, 4.69) is 83.1 Å². The third kappa shape index (κ3) is 4.35. The van der Waals surface area contributed by atoms with E-state index >= 15 is 0 Å². The molecule has 2 atom stereocenters. The molecule has 4 heterocycles. The van der Waals surface area contributed by atoms with Gasteiger partial charge < -0.3 is 15.1 Å². The van der Waals surface area contributed by atoms with Gasteiger partial charge >= 0.3 is 0 Å². The predicted molar refractivity (Wildman–Crippen MR) is 146 cm³/mol. The fourth-order valence-electron chi connectivity index (χ4n) is 4.91. The third-order valence-electron chi connectivity index (χ3n) is 6.90. The fraction of sp³-hybridized carbons (Fsp3) is 0.296. The highest BCUT2D eigenvalue weighted by Crippen LogP contribution is 2.38. The van der Waals surface area contributed by atoms with Crippen molar-refractivity contribution in [3.8, 4) is 0 Å². The van der Waals surface area contributed by atoms with Gasteiger partial charge in [-0.3, -0.25) is 0 Å². The maximum absolute atomic E-state index is 4.94. The van der Waals surface area contributed by atoms with Crippen LogP contribution >= 0.6 is 11.3 Å². The molecule has 1 fully saturated rings. The van der Waals surface area contributed by atoms with Gasteiger partial charge in [-0.25, -0.2) is 9.99 Å². The van der Waals surface area contributed by atoms with Crippen LogP contribution in [0, 0.1) is 0 Å². The fourth-order valence-corrected chi connectivity index (χ4v) is 5.72. The number of hydrogen-bond acceptors (Lipinski definition) is 8. The number of nitrogens with one attached hydrogen (secondary N) is 1. The van der Waals surface area contributed by atoms with Crippen LogP contribution < -0.4 is 15.2 Å². The minimum absolute atomic E-state index is 0.134. The van der Waals surface area contributed by atoms with E-state index in [-0.39, 0.29) is 6.04 Å². The van der Waals surface area contributed by atoms with E-state index in [1.54, 1.807) is 11.3 Å². The Morgan fingerprint density at radius 1 is 1.00 bits per heavy atom. The number of anilines is 4. The normalized spacial score (nSPS) is 19.9. The molecule has 0 spiro atoms. The zero-order chi connectivity index (χ0) is 23.8. The van der Waals surface area contributed by atoms with Crippen LogP contribution in [0.4, 0.5) is 23.1 Å². The smallest absolute Gasteiger partial charge is 0.229 e. The zero-order valence-electron chi connectivity index (χ0n) is 20.0. The number of thiophene rings is 1. The second-order valence-corrected chi connectivity index (χ2v) is 10.3. The van der Waals surface area contributed by atoms with Crippen molar-refractivity contribution in [1.29, 1.82) is 0 Å². The lowest BCUT2D eigenvalue weighted by Crippen LogP contribution is -2.31. The van der Waals surface area contributed by atoms with Crippen molar-refractivity contribution in [1.82, 2.24) is 14.9 Å². The monoisotopic (exact) mass is 483 g/mol. The van der Waals surface area contributed by atoms with E-state index in [0.717, 1.165) is 41.2 Å². The molecule has 2 aliphatic rings. The summed E-state index contributed by atoms with van der Waals surface area (Å²) < 4.78 is 1.05. The number of benzene rings is 2. The summed E-state index contributed by atoms with van der Waals surface area (Å²) in [6, 6.07) is 21.9. The molecule has 2 aliphatic heterocycles. The van der Waals surface area contributed by atoms with Gasteiger partial charge in [0.25, 0.3) is 0 Å². The Morgan fingerprint density at radius 2 is 1.83 bits per heavy atom. The second kappa shape index (κ2) is 9.28. The molecular formula is C27H29N7S. The van der Waals surface area contributed by atoms with Crippen molar-refractivity contribution in [3.63, 3.8) is 0 Å². The van der Waals surface area contributed by atoms with E-state index < -0.39 is 0 Å². The summed E-state index contributed by atoms with van der Waals surface area (Å²) in [6.45, 7) is 2.16. The Balaban J connectivity index is 1.25. The molecule has 4 aromatic rings. The molecule has 0 bridgehead atoms. The lowest BCUT2D eigenvalue weighted by Gasteiger charge is -2.24. The van der Waals surface area contributed by atoms with E-state index in [1.807, 2.05) is 23.4 Å². The lowest BCUT2D eigenvalue weighted by molar-refractivity contribution is 0.315. The standard InChI is InChI=1S/C27H29N7S/c1-32(2)22-13-16-33(18-22)21-10-8-20(9-11-21)29-27-30-23-14-17-35-25(23)26(31-27)34-24(12-15-28-34)19-6-4-3-5-7-19/h3-11,14-15,17,22,24H,12-13,16,18H2,1-2H3,(H,29,30,31)/t22-,24?/m0/s1. The Kier molecular flexibility index (Phi) is 5.83. The summed E-state index contributed by atoms with van der Waals surface area (Å²) in [4.78, 5) is 14.5. The molecule has 0 saturated carbocycles. The molecule has 6 rings (SSSR count). The molecule has 1 N–H and O–H groups in total. The quantitative estimate of drug-likeness (QED) is 0.390. The van der Waals surface area contributed by atoms with Crippen molar-refractivity contribution in [2.24, 2.45) is 5.10 Å². The third-order valence-corrected chi connectivity index (χ3v) is 7.80. The first-order chi connectivity index (χ1) is 17.2. The minimum atomic E-state index is 0.134. The van der Waals surface area contributed by atoms with E-state index in [1.165, 1.54) is 17.7 Å². The summed E-state index contributed by atoms with van der Waals surface area (Å²) >= 11 is 1.65. The van der Waals surface area contributed by atoms with Crippen LogP contribution in [0.25, 0.3) is 10.2 Å². The minimum Gasteiger partial charge on any atom is -0.370 e. The van der Waals surface area contributed by atoms with E-state index in [0.29, 0.717) is 12.0 Å². The van der Waals surface area contributed by atoms with Crippen LogP contribution in [0.3, 0.4) is 0 Å². The van der Waals surface area contributed by atoms with Crippen LogP contribution in [0.2, 0.25) is 0 Å². The van der Waals surface area contributed by atoms with Crippen molar-refractivity contribution < 1.29 is 0 Å². The highest BCUT2D eigenvalue weighted by molar-refractivity contribution is 7.17. The number of fused-ring (bicyclic) bond motifs is 1. The van der Waals surface area contributed by atoms with Gasteiger partial charge in [0.05, 0.1) is 16.3 Å². The van der Waals surface area contributed by atoms with Crippen molar-refractivity contribution >= 4 is 50.9 Å². The second-order valence-electron chi connectivity index (χ2n) is 9.33. The maximum atomic E-state index is 4.94. The molecular weight excluding hydrogens is 454 g/mol. The molecule has 2 aromatic carbocycles. The van der Waals surface area contributed by atoms with Crippen molar-refractivity contribution in [2.45, 2.75) is 24.9 Å². The average Bonchev–Trinajstić information content (AvgIpc) is 3.65. The predicted octanol–water partition coefficient (Wildman–Crippen LogP) is 5.51.